The highest BCUT2D eigenvalue weighted by atomic mass is 16.3. The highest BCUT2D eigenvalue weighted by Gasteiger charge is 2.23. The molecule has 0 bridgehead atoms. The number of hydrogen-bond acceptors (Lipinski definition) is 3. The zero-order valence-corrected chi connectivity index (χ0v) is 8.82. The van der Waals surface area contributed by atoms with E-state index in [1.165, 1.54) is 4.90 Å². The fraction of sp³-hybridized carbons (Fsp3) is 0.889. The summed E-state index contributed by atoms with van der Waals surface area (Å²) < 4.78 is 0. The predicted molar refractivity (Wildman–Crippen MR) is 52.1 cm³/mol. The molecule has 0 rings (SSSR count). The van der Waals surface area contributed by atoms with Crippen molar-refractivity contribution in [3.8, 4) is 0 Å². The molecule has 0 aromatic carbocycles. The highest BCUT2D eigenvalue weighted by Crippen LogP contribution is 2.07. The molecule has 3 atom stereocenters. The Kier molecular flexibility index (Phi) is 4.95. The van der Waals surface area contributed by atoms with Crippen molar-refractivity contribution in [1.82, 2.24) is 4.90 Å². The molecule has 78 valence electrons. The van der Waals surface area contributed by atoms with E-state index in [-0.39, 0.29) is 30.5 Å². The fourth-order valence-electron chi connectivity index (χ4n) is 0.886. The first-order valence-electron chi connectivity index (χ1n) is 4.55. The van der Waals surface area contributed by atoms with Crippen molar-refractivity contribution in [1.29, 1.82) is 0 Å². The van der Waals surface area contributed by atoms with Crippen LogP contribution in [-0.4, -0.2) is 41.7 Å². The zero-order valence-electron chi connectivity index (χ0n) is 8.82. The molecule has 0 aliphatic rings. The van der Waals surface area contributed by atoms with Gasteiger partial charge in [-0.05, 0) is 13.8 Å². The van der Waals surface area contributed by atoms with Gasteiger partial charge in [-0.3, -0.25) is 4.79 Å². The molecule has 0 aromatic heterocycles. The summed E-state index contributed by atoms with van der Waals surface area (Å²) in [5, 5.41) is 8.85. The van der Waals surface area contributed by atoms with Gasteiger partial charge in [0, 0.05) is 13.1 Å². The molecule has 0 heterocycles. The zero-order chi connectivity index (χ0) is 10.6. The number of nitrogens with zero attached hydrogens (tertiary/aromatic N) is 1. The van der Waals surface area contributed by atoms with Crippen LogP contribution in [0.5, 0.6) is 0 Å². The minimum absolute atomic E-state index is 0.0171. The van der Waals surface area contributed by atoms with E-state index in [2.05, 4.69) is 0 Å². The molecule has 0 aromatic rings. The van der Waals surface area contributed by atoms with Crippen LogP contribution < -0.4 is 5.73 Å². The average Bonchev–Trinajstić information content (AvgIpc) is 2.12. The van der Waals surface area contributed by atoms with Crippen LogP contribution in [0.1, 0.15) is 20.8 Å². The van der Waals surface area contributed by atoms with Crippen molar-refractivity contribution in [2.75, 3.05) is 13.7 Å². The van der Waals surface area contributed by atoms with E-state index in [1.54, 1.807) is 27.8 Å². The fourth-order valence-corrected chi connectivity index (χ4v) is 0.886. The Morgan fingerprint density at radius 3 is 2.23 bits per heavy atom. The predicted octanol–water partition coefficient (Wildman–Crippen LogP) is -0.191. The van der Waals surface area contributed by atoms with Crippen molar-refractivity contribution in [3.63, 3.8) is 0 Å². The van der Waals surface area contributed by atoms with Gasteiger partial charge in [-0.15, -0.1) is 0 Å². The minimum Gasteiger partial charge on any atom is -0.394 e. The van der Waals surface area contributed by atoms with Crippen LogP contribution >= 0.6 is 0 Å². The molecule has 0 radical (unpaired) electrons. The second-order valence-corrected chi connectivity index (χ2v) is 3.63. The lowest BCUT2D eigenvalue weighted by atomic mass is 10.0. The first-order chi connectivity index (χ1) is 5.91. The van der Waals surface area contributed by atoms with E-state index in [4.69, 9.17) is 10.8 Å². The van der Waals surface area contributed by atoms with Crippen molar-refractivity contribution in [2.24, 2.45) is 11.7 Å². The second kappa shape index (κ2) is 5.19. The number of aliphatic hydroxyl groups excluding tert-OH is 1. The van der Waals surface area contributed by atoms with Crippen LogP contribution in [-0.2, 0) is 4.79 Å². The average molecular weight is 188 g/mol. The van der Waals surface area contributed by atoms with Gasteiger partial charge in [-0.25, -0.2) is 0 Å². The van der Waals surface area contributed by atoms with Crippen LogP contribution in [0.3, 0.4) is 0 Å². The third kappa shape index (κ3) is 3.32. The number of hydrogen-bond donors (Lipinski definition) is 2. The molecule has 4 nitrogen and oxygen atoms in total. The van der Waals surface area contributed by atoms with Crippen molar-refractivity contribution >= 4 is 5.91 Å². The topological polar surface area (TPSA) is 66.6 Å². The molecule has 0 aliphatic carbocycles. The first kappa shape index (κ1) is 12.4. The summed E-state index contributed by atoms with van der Waals surface area (Å²) in [7, 11) is 1.68. The van der Waals surface area contributed by atoms with Crippen molar-refractivity contribution in [3.05, 3.63) is 0 Å². The standard InChI is InChI=1S/C9H20N2O2/c1-6(5-12)11(4)9(13)7(2)8(3)10/h6-8,12H,5,10H2,1-4H3. The molecule has 0 saturated heterocycles. The SMILES string of the molecule is CC(N)C(C)C(=O)N(C)C(C)CO. The van der Waals surface area contributed by atoms with Crippen LogP contribution in [0.2, 0.25) is 0 Å². The third-order valence-electron chi connectivity index (χ3n) is 2.45. The van der Waals surface area contributed by atoms with E-state index in [0.717, 1.165) is 0 Å². The Morgan fingerprint density at radius 1 is 1.46 bits per heavy atom. The van der Waals surface area contributed by atoms with E-state index in [9.17, 15) is 4.79 Å². The second-order valence-electron chi connectivity index (χ2n) is 3.63. The highest BCUT2D eigenvalue weighted by molar-refractivity contribution is 5.79. The summed E-state index contributed by atoms with van der Waals surface area (Å²) in [4.78, 5) is 13.2. The molecule has 0 saturated carbocycles. The Balaban J connectivity index is 4.25. The van der Waals surface area contributed by atoms with Gasteiger partial charge in [-0.2, -0.15) is 0 Å². The van der Waals surface area contributed by atoms with Gasteiger partial charge in [-0.1, -0.05) is 6.92 Å². The Hall–Kier alpha value is -0.610. The van der Waals surface area contributed by atoms with E-state index >= 15 is 0 Å². The molecule has 13 heavy (non-hydrogen) atoms. The molecule has 4 heteroatoms. The lowest BCUT2D eigenvalue weighted by Crippen LogP contribution is -2.44. The number of amides is 1. The van der Waals surface area contributed by atoms with Crippen molar-refractivity contribution < 1.29 is 9.90 Å². The maximum atomic E-state index is 11.6. The number of rotatable bonds is 4. The summed E-state index contributed by atoms with van der Waals surface area (Å²) in [6.45, 7) is 5.38. The van der Waals surface area contributed by atoms with Crippen LogP contribution in [0.4, 0.5) is 0 Å². The largest absolute Gasteiger partial charge is 0.394 e. The Labute approximate surface area is 79.7 Å². The molecule has 0 fully saturated rings. The van der Waals surface area contributed by atoms with Crippen LogP contribution in [0, 0.1) is 5.92 Å². The Morgan fingerprint density at radius 2 is 1.92 bits per heavy atom. The van der Waals surface area contributed by atoms with Gasteiger partial charge in [0.05, 0.1) is 18.6 Å². The normalized spacial score (nSPS) is 17.7. The van der Waals surface area contributed by atoms with Gasteiger partial charge in [0.1, 0.15) is 0 Å². The van der Waals surface area contributed by atoms with Crippen molar-refractivity contribution in [2.45, 2.75) is 32.9 Å². The summed E-state index contributed by atoms with van der Waals surface area (Å²) in [5.41, 5.74) is 5.61. The van der Waals surface area contributed by atoms with Crippen LogP contribution in [0.15, 0.2) is 0 Å². The Bertz CT molecular complexity index is 171. The quantitative estimate of drug-likeness (QED) is 0.642. The first-order valence-corrected chi connectivity index (χ1v) is 4.55. The third-order valence-corrected chi connectivity index (χ3v) is 2.45. The number of aliphatic hydroxyl groups is 1. The molecule has 1 amide bonds. The number of nitrogens with two attached hydrogens (primary N) is 1. The summed E-state index contributed by atoms with van der Waals surface area (Å²) in [6.07, 6.45) is 0. The molecular formula is C9H20N2O2. The van der Waals surface area contributed by atoms with Gasteiger partial charge in [0.15, 0.2) is 0 Å². The minimum atomic E-state index is -0.195. The summed E-state index contributed by atoms with van der Waals surface area (Å²) in [5.74, 6) is -0.212. The monoisotopic (exact) mass is 188 g/mol. The number of likely N-dealkylation sites (N-methyl/N-ethyl adjacent to an activating group) is 1. The van der Waals surface area contributed by atoms with Crippen LogP contribution in [0.25, 0.3) is 0 Å². The van der Waals surface area contributed by atoms with E-state index in [0.29, 0.717) is 0 Å². The molecule has 0 spiro atoms. The smallest absolute Gasteiger partial charge is 0.227 e. The van der Waals surface area contributed by atoms with Gasteiger partial charge < -0.3 is 15.7 Å². The molecular weight excluding hydrogens is 168 g/mol. The van der Waals surface area contributed by atoms with E-state index < -0.39 is 0 Å². The summed E-state index contributed by atoms with van der Waals surface area (Å²) >= 11 is 0. The van der Waals surface area contributed by atoms with Gasteiger partial charge in [0.2, 0.25) is 5.91 Å². The molecule has 3 N–H and O–H groups in total. The maximum absolute atomic E-state index is 11.6. The maximum Gasteiger partial charge on any atom is 0.227 e. The van der Waals surface area contributed by atoms with Gasteiger partial charge in [0.25, 0.3) is 0 Å². The molecule has 3 unspecified atom stereocenters. The number of carbonyl (C=O) groups is 1. The van der Waals surface area contributed by atoms with E-state index in [1.807, 2.05) is 0 Å². The van der Waals surface area contributed by atoms with Gasteiger partial charge >= 0.3 is 0 Å². The lowest BCUT2D eigenvalue weighted by Gasteiger charge is -2.27. The summed E-state index contributed by atoms with van der Waals surface area (Å²) in [6, 6.07) is -0.297. The number of carbonyl (C=O) groups excluding carboxylic acids is 1. The molecule has 0 aliphatic heterocycles. The lowest BCUT2D eigenvalue weighted by molar-refractivity contribution is -0.136.